The molecule has 0 bridgehead atoms. The van der Waals surface area contributed by atoms with Crippen LogP contribution in [0.1, 0.15) is 24.0 Å². The van der Waals surface area contributed by atoms with E-state index in [-0.39, 0.29) is 11.9 Å². The van der Waals surface area contributed by atoms with E-state index in [1.807, 2.05) is 55.5 Å². The van der Waals surface area contributed by atoms with E-state index < -0.39 is 0 Å². The van der Waals surface area contributed by atoms with E-state index in [0.29, 0.717) is 6.61 Å². The van der Waals surface area contributed by atoms with E-state index in [1.165, 1.54) is 0 Å². The van der Waals surface area contributed by atoms with Gasteiger partial charge in [0.15, 0.2) is 0 Å². The molecule has 0 radical (unpaired) electrons. The lowest BCUT2D eigenvalue weighted by atomic mass is 9.86. The maximum Gasteiger partial charge on any atom is 0.318 e. The molecule has 3 nitrogen and oxygen atoms in total. The van der Waals surface area contributed by atoms with Gasteiger partial charge in [-0.05, 0) is 30.2 Å². The van der Waals surface area contributed by atoms with E-state index in [1.54, 1.807) is 0 Å². The maximum atomic E-state index is 12.3. The lowest BCUT2D eigenvalue weighted by Gasteiger charge is -2.27. The van der Waals surface area contributed by atoms with Crippen LogP contribution in [0.15, 0.2) is 48.5 Å². The molecule has 0 spiro atoms. The first kappa shape index (κ1) is 11.8. The molecule has 3 rings (SSSR count). The molecular weight excluding hydrogens is 238 g/mol. The Morgan fingerprint density at radius 3 is 2.11 bits per heavy atom. The van der Waals surface area contributed by atoms with Crippen molar-refractivity contribution in [2.45, 2.75) is 12.8 Å². The summed E-state index contributed by atoms with van der Waals surface area (Å²) in [6.45, 7) is 2.23. The summed E-state index contributed by atoms with van der Waals surface area (Å²) >= 11 is 0. The van der Waals surface area contributed by atoms with Crippen LogP contribution in [0.3, 0.4) is 0 Å². The molecule has 96 valence electrons. The maximum absolute atomic E-state index is 12.3. The summed E-state index contributed by atoms with van der Waals surface area (Å²) in [7, 11) is 0. The molecule has 0 amide bonds. The lowest BCUT2D eigenvalue weighted by molar-refractivity contribution is -0.143. The van der Waals surface area contributed by atoms with E-state index in [4.69, 9.17) is 4.74 Å². The highest BCUT2D eigenvalue weighted by Crippen LogP contribution is 2.41. The first-order valence-electron chi connectivity index (χ1n) is 6.42. The van der Waals surface area contributed by atoms with Gasteiger partial charge in [0.25, 0.3) is 0 Å². The second-order valence-corrected chi connectivity index (χ2v) is 4.48. The fourth-order valence-corrected chi connectivity index (χ4v) is 2.52. The fraction of sp³-hybridized carbons (Fsp3) is 0.188. The number of esters is 1. The second kappa shape index (κ2) is 4.76. The third-order valence-corrected chi connectivity index (χ3v) is 3.34. The van der Waals surface area contributed by atoms with Crippen LogP contribution in [0, 0.1) is 0 Å². The van der Waals surface area contributed by atoms with Crippen LogP contribution in [0.5, 0.6) is 0 Å². The van der Waals surface area contributed by atoms with Gasteiger partial charge >= 0.3 is 5.97 Å². The molecule has 0 atom stereocenters. The Morgan fingerprint density at radius 1 is 1.05 bits per heavy atom. The molecule has 0 aromatic heterocycles. The Bertz CT molecular complexity index is 576. The zero-order valence-corrected chi connectivity index (χ0v) is 10.7. The number of hydrogen-bond donors (Lipinski definition) is 1. The Morgan fingerprint density at radius 2 is 1.58 bits per heavy atom. The number of benzene rings is 2. The van der Waals surface area contributed by atoms with Crippen molar-refractivity contribution in [3.05, 3.63) is 59.7 Å². The molecule has 0 aliphatic carbocycles. The largest absolute Gasteiger partial charge is 0.465 e. The number of fused-ring (bicyclic) bond motifs is 2. The van der Waals surface area contributed by atoms with Gasteiger partial charge in [0, 0.05) is 11.4 Å². The van der Waals surface area contributed by atoms with Crippen molar-refractivity contribution in [3.8, 4) is 0 Å². The van der Waals surface area contributed by atoms with Crippen LogP contribution >= 0.6 is 0 Å². The lowest BCUT2D eigenvalue weighted by Crippen LogP contribution is -2.22. The van der Waals surface area contributed by atoms with Crippen molar-refractivity contribution in [2.75, 3.05) is 11.9 Å². The van der Waals surface area contributed by atoms with E-state index >= 15 is 0 Å². The third kappa shape index (κ3) is 1.97. The van der Waals surface area contributed by atoms with Gasteiger partial charge in [0.1, 0.15) is 5.92 Å². The molecule has 0 fully saturated rings. The first-order valence-corrected chi connectivity index (χ1v) is 6.42. The molecule has 0 saturated carbocycles. The average molecular weight is 253 g/mol. The highest BCUT2D eigenvalue weighted by Gasteiger charge is 2.31. The Hall–Kier alpha value is -2.29. The molecular formula is C16H15NO2. The minimum Gasteiger partial charge on any atom is -0.465 e. The van der Waals surface area contributed by atoms with Crippen LogP contribution in [-0.4, -0.2) is 12.6 Å². The van der Waals surface area contributed by atoms with Gasteiger partial charge in [0.05, 0.1) is 6.61 Å². The number of para-hydroxylation sites is 2. The minimum atomic E-state index is -0.339. The predicted molar refractivity (Wildman–Crippen MR) is 74.6 cm³/mol. The number of ether oxygens (including phenoxy) is 1. The zero-order valence-electron chi connectivity index (χ0n) is 10.7. The van der Waals surface area contributed by atoms with Crippen LogP contribution in [0.25, 0.3) is 0 Å². The molecule has 0 unspecified atom stereocenters. The number of hydrogen-bond acceptors (Lipinski definition) is 3. The van der Waals surface area contributed by atoms with Gasteiger partial charge in [0.2, 0.25) is 0 Å². The molecule has 0 saturated heterocycles. The number of rotatable bonds is 2. The van der Waals surface area contributed by atoms with Crippen molar-refractivity contribution in [3.63, 3.8) is 0 Å². The Labute approximate surface area is 112 Å². The van der Waals surface area contributed by atoms with Crippen LogP contribution in [0.2, 0.25) is 0 Å². The molecule has 19 heavy (non-hydrogen) atoms. The standard InChI is InChI=1S/C16H15NO2/c1-2-19-16(18)15-11-7-3-5-9-13(11)17-14-10-6-4-8-12(14)15/h3-10,15,17H,2H2,1H3. The molecule has 1 aliphatic rings. The van der Waals surface area contributed by atoms with E-state index in [9.17, 15) is 4.79 Å². The number of nitrogens with one attached hydrogen (secondary N) is 1. The van der Waals surface area contributed by atoms with Gasteiger partial charge in [-0.15, -0.1) is 0 Å². The van der Waals surface area contributed by atoms with Crippen LogP contribution in [0.4, 0.5) is 11.4 Å². The monoisotopic (exact) mass is 253 g/mol. The highest BCUT2D eigenvalue weighted by molar-refractivity contribution is 5.90. The molecule has 1 N–H and O–H groups in total. The summed E-state index contributed by atoms with van der Waals surface area (Å²) < 4.78 is 5.23. The van der Waals surface area contributed by atoms with Crippen molar-refractivity contribution >= 4 is 17.3 Å². The smallest absolute Gasteiger partial charge is 0.318 e. The fourth-order valence-electron chi connectivity index (χ4n) is 2.52. The zero-order chi connectivity index (χ0) is 13.2. The van der Waals surface area contributed by atoms with Crippen LogP contribution < -0.4 is 5.32 Å². The number of carbonyl (C=O) groups excluding carboxylic acids is 1. The summed E-state index contributed by atoms with van der Waals surface area (Å²) in [6, 6.07) is 15.7. The van der Waals surface area contributed by atoms with Crippen molar-refractivity contribution in [1.29, 1.82) is 0 Å². The molecule has 1 aliphatic heterocycles. The first-order chi connectivity index (χ1) is 9.31. The molecule has 1 heterocycles. The summed E-state index contributed by atoms with van der Waals surface area (Å²) in [5.74, 6) is -0.530. The molecule has 3 heteroatoms. The van der Waals surface area contributed by atoms with Gasteiger partial charge in [-0.25, -0.2) is 0 Å². The summed E-state index contributed by atoms with van der Waals surface area (Å²) in [4.78, 5) is 12.3. The van der Waals surface area contributed by atoms with E-state index in [0.717, 1.165) is 22.5 Å². The quantitative estimate of drug-likeness (QED) is 0.833. The normalized spacial score (nSPS) is 13.1. The van der Waals surface area contributed by atoms with Crippen molar-refractivity contribution < 1.29 is 9.53 Å². The van der Waals surface area contributed by atoms with Gasteiger partial charge in [-0.3, -0.25) is 4.79 Å². The number of anilines is 2. The van der Waals surface area contributed by atoms with Gasteiger partial charge in [-0.1, -0.05) is 36.4 Å². The average Bonchev–Trinajstić information content (AvgIpc) is 2.44. The summed E-state index contributed by atoms with van der Waals surface area (Å²) in [6.07, 6.45) is 0. The van der Waals surface area contributed by atoms with Crippen LogP contribution in [-0.2, 0) is 9.53 Å². The van der Waals surface area contributed by atoms with E-state index in [2.05, 4.69) is 5.32 Å². The SMILES string of the molecule is CCOC(=O)C1c2ccccc2Nc2ccccc21. The molecule has 2 aromatic carbocycles. The Balaban J connectivity index is 2.14. The molecule has 2 aromatic rings. The topological polar surface area (TPSA) is 38.3 Å². The number of carbonyl (C=O) groups is 1. The predicted octanol–water partition coefficient (Wildman–Crippen LogP) is 3.44. The van der Waals surface area contributed by atoms with Gasteiger partial charge < -0.3 is 10.1 Å². The highest BCUT2D eigenvalue weighted by atomic mass is 16.5. The van der Waals surface area contributed by atoms with Crippen molar-refractivity contribution in [1.82, 2.24) is 0 Å². The third-order valence-electron chi connectivity index (χ3n) is 3.34. The second-order valence-electron chi connectivity index (χ2n) is 4.48. The summed E-state index contributed by atoms with van der Waals surface area (Å²) in [5.41, 5.74) is 3.89. The van der Waals surface area contributed by atoms with Gasteiger partial charge in [-0.2, -0.15) is 0 Å². The Kier molecular flexibility index (Phi) is 2.95. The minimum absolute atomic E-state index is 0.191. The summed E-state index contributed by atoms with van der Waals surface area (Å²) in [5, 5.41) is 3.36. The van der Waals surface area contributed by atoms with Crippen molar-refractivity contribution in [2.24, 2.45) is 0 Å².